The highest BCUT2D eigenvalue weighted by Crippen LogP contribution is 2.73. The van der Waals surface area contributed by atoms with Gasteiger partial charge in [0, 0.05) is 13.1 Å². The van der Waals surface area contributed by atoms with Crippen LogP contribution in [0.4, 0.5) is 0 Å². The summed E-state index contributed by atoms with van der Waals surface area (Å²) in [6.45, 7) is 11.2. The molecular weight excluding hydrogens is 496 g/mol. The summed E-state index contributed by atoms with van der Waals surface area (Å²) in [5, 5.41) is 12.6. The van der Waals surface area contributed by atoms with Crippen LogP contribution in [0.5, 0.6) is 0 Å². The fourth-order valence-electron chi connectivity index (χ4n) is 11.9. The Kier molecular flexibility index (Phi) is 6.80. The van der Waals surface area contributed by atoms with E-state index in [0.717, 1.165) is 25.2 Å². The van der Waals surface area contributed by atoms with Crippen LogP contribution in [0.2, 0.25) is 0 Å². The predicted molar refractivity (Wildman–Crippen MR) is 159 cm³/mol. The van der Waals surface area contributed by atoms with Gasteiger partial charge >= 0.3 is 5.97 Å². The molecule has 8 atom stereocenters. The van der Waals surface area contributed by atoms with Gasteiger partial charge in [0.1, 0.15) is 0 Å². The number of hydrogen-bond donors (Lipinski definition) is 3. The first kappa shape index (κ1) is 28.0. The van der Waals surface area contributed by atoms with Crippen LogP contribution < -0.4 is 11.1 Å². The lowest BCUT2D eigenvalue weighted by Crippen LogP contribution is -2.62. The van der Waals surface area contributed by atoms with Gasteiger partial charge in [-0.2, -0.15) is 0 Å². The van der Waals surface area contributed by atoms with Crippen molar-refractivity contribution < 1.29 is 14.7 Å². The summed E-state index contributed by atoms with van der Waals surface area (Å²) in [6.07, 6.45) is 14.4. The van der Waals surface area contributed by atoms with Crippen molar-refractivity contribution in [3.8, 4) is 0 Å². The molecule has 1 aromatic rings. The van der Waals surface area contributed by atoms with E-state index in [0.29, 0.717) is 53.6 Å². The fraction of sp³-hybridized carbons (Fsp3) is 0.714. The first-order valence-corrected chi connectivity index (χ1v) is 16.0. The second-order valence-electron chi connectivity index (χ2n) is 15.2. The molecule has 1 aromatic carbocycles. The molecule has 0 heterocycles. The quantitative estimate of drug-likeness (QED) is 0.374. The lowest BCUT2D eigenvalue weighted by atomic mass is 9.36. The van der Waals surface area contributed by atoms with Gasteiger partial charge < -0.3 is 16.2 Å². The number of carboxylic acid groups (broad SMARTS) is 1. The second kappa shape index (κ2) is 9.71. The van der Waals surface area contributed by atoms with Crippen molar-refractivity contribution in [1.82, 2.24) is 5.32 Å². The summed E-state index contributed by atoms with van der Waals surface area (Å²) < 4.78 is 0. The molecule has 4 N–H and O–H groups in total. The van der Waals surface area contributed by atoms with Crippen molar-refractivity contribution in [2.24, 2.45) is 57.0 Å². The summed E-state index contributed by atoms with van der Waals surface area (Å²) in [5.74, 6) is 2.67. The summed E-state index contributed by atoms with van der Waals surface area (Å²) in [7, 11) is 0. The number of amides is 1. The number of aromatic carboxylic acids is 1. The van der Waals surface area contributed by atoms with E-state index in [-0.39, 0.29) is 16.2 Å². The third kappa shape index (κ3) is 3.89. The molecule has 0 spiro atoms. The number of allylic oxidation sites excluding steroid dienone is 2. The van der Waals surface area contributed by atoms with Crippen molar-refractivity contribution in [2.75, 3.05) is 13.1 Å². The molecular formula is C35H50N2O3. The Hall–Kier alpha value is -2.14. The van der Waals surface area contributed by atoms with Crippen LogP contribution in [0, 0.1) is 51.2 Å². The zero-order valence-electron chi connectivity index (χ0n) is 25.1. The van der Waals surface area contributed by atoms with Crippen molar-refractivity contribution >= 4 is 17.4 Å². The molecule has 0 radical (unpaired) electrons. The van der Waals surface area contributed by atoms with E-state index in [1.807, 2.05) is 12.1 Å². The smallest absolute Gasteiger partial charge is 0.335 e. The Labute approximate surface area is 240 Å². The average Bonchev–Trinajstić information content (AvgIpc) is 3.37. The third-order valence-corrected chi connectivity index (χ3v) is 13.4. The number of carbonyl (C=O) groups excluding carboxylic acids is 1. The highest BCUT2D eigenvalue weighted by atomic mass is 16.4. The largest absolute Gasteiger partial charge is 0.478 e. The van der Waals surface area contributed by atoms with Gasteiger partial charge in [0.25, 0.3) is 0 Å². The van der Waals surface area contributed by atoms with E-state index in [2.05, 4.69) is 39.1 Å². The van der Waals surface area contributed by atoms with E-state index < -0.39 is 5.97 Å². The van der Waals surface area contributed by atoms with Crippen molar-refractivity contribution in [1.29, 1.82) is 0 Å². The van der Waals surface area contributed by atoms with E-state index in [4.69, 9.17) is 5.73 Å². The van der Waals surface area contributed by atoms with Crippen molar-refractivity contribution in [2.45, 2.75) is 91.9 Å². The maximum absolute atomic E-state index is 13.5. The molecule has 40 heavy (non-hydrogen) atoms. The number of nitrogens with one attached hydrogen (secondary N) is 1. The number of carboxylic acids is 1. The Morgan fingerprint density at radius 1 is 0.900 bits per heavy atom. The maximum Gasteiger partial charge on any atom is 0.335 e. The van der Waals surface area contributed by atoms with Gasteiger partial charge in [0.15, 0.2) is 0 Å². The van der Waals surface area contributed by atoms with Gasteiger partial charge in [0.2, 0.25) is 5.91 Å². The molecule has 5 heteroatoms. The zero-order chi connectivity index (χ0) is 28.5. The Morgan fingerprint density at radius 3 is 2.35 bits per heavy atom. The lowest BCUT2D eigenvalue weighted by Gasteiger charge is -2.68. The van der Waals surface area contributed by atoms with Gasteiger partial charge in [0.05, 0.1) is 11.0 Å². The highest BCUT2D eigenvalue weighted by Gasteiger charge is 2.66. The number of fused-ring (bicyclic) bond motifs is 7. The van der Waals surface area contributed by atoms with E-state index >= 15 is 0 Å². The molecule has 5 aliphatic rings. The summed E-state index contributed by atoms with van der Waals surface area (Å²) in [5.41, 5.74) is 9.13. The van der Waals surface area contributed by atoms with E-state index in [1.165, 1.54) is 56.1 Å². The first-order valence-electron chi connectivity index (χ1n) is 16.0. The Bertz CT molecular complexity index is 1200. The fourth-order valence-corrected chi connectivity index (χ4v) is 11.9. The number of hydrogen-bond acceptors (Lipinski definition) is 3. The summed E-state index contributed by atoms with van der Waals surface area (Å²) >= 11 is 0. The summed E-state index contributed by atoms with van der Waals surface area (Å²) in [4.78, 5) is 24.9. The summed E-state index contributed by atoms with van der Waals surface area (Å²) in [6, 6.07) is 7.53. The first-order chi connectivity index (χ1) is 19.0. The van der Waals surface area contributed by atoms with Gasteiger partial charge in [-0.25, -0.2) is 4.79 Å². The number of nitrogens with two attached hydrogens (primary N) is 1. The number of rotatable bonds is 5. The van der Waals surface area contributed by atoms with Crippen LogP contribution in [0.3, 0.4) is 0 Å². The highest BCUT2D eigenvalue weighted by molar-refractivity contribution is 5.88. The van der Waals surface area contributed by atoms with Crippen molar-refractivity contribution in [3.05, 3.63) is 41.5 Å². The molecule has 5 aliphatic carbocycles. The second-order valence-corrected chi connectivity index (χ2v) is 15.2. The zero-order valence-corrected chi connectivity index (χ0v) is 25.1. The molecule has 0 saturated heterocycles. The van der Waals surface area contributed by atoms with Crippen LogP contribution in [0.15, 0.2) is 30.3 Å². The molecule has 6 rings (SSSR count). The third-order valence-electron chi connectivity index (χ3n) is 13.4. The minimum Gasteiger partial charge on any atom is -0.478 e. The Morgan fingerprint density at radius 2 is 1.65 bits per heavy atom. The Balaban J connectivity index is 1.28. The van der Waals surface area contributed by atoms with E-state index in [1.54, 1.807) is 12.1 Å². The maximum atomic E-state index is 13.5. The molecule has 0 aromatic heterocycles. The van der Waals surface area contributed by atoms with Crippen LogP contribution in [0.1, 0.15) is 108 Å². The lowest BCUT2D eigenvalue weighted by molar-refractivity contribution is -0.181. The van der Waals surface area contributed by atoms with Crippen LogP contribution in [0.25, 0.3) is 5.57 Å². The molecule has 4 fully saturated rings. The van der Waals surface area contributed by atoms with E-state index in [9.17, 15) is 14.7 Å². The standard InChI is InChI=1S/C35H50N2O3/c1-32(2)25(22-7-9-23(10-8-22)30(38)39)13-17-34(4)28(32)15-18-33(3)26-14-19-35(31(40)37-21-20-36)16-5-6-27(35)24(26)11-12-29(33)34/h7-10,13,24,26-29H,5-6,11-12,14-21,36H2,1-4H3,(H,37,40)(H,38,39). The predicted octanol–water partition coefficient (Wildman–Crippen LogP) is 6.92. The van der Waals surface area contributed by atoms with Gasteiger partial charge in [-0.15, -0.1) is 0 Å². The van der Waals surface area contributed by atoms with Crippen LogP contribution >= 0.6 is 0 Å². The van der Waals surface area contributed by atoms with Gasteiger partial charge in [-0.05, 0) is 127 Å². The molecule has 218 valence electrons. The number of benzene rings is 1. The van der Waals surface area contributed by atoms with Crippen LogP contribution in [-0.2, 0) is 4.79 Å². The van der Waals surface area contributed by atoms with Crippen molar-refractivity contribution in [3.63, 3.8) is 0 Å². The molecule has 8 unspecified atom stereocenters. The molecule has 4 saturated carbocycles. The molecule has 5 nitrogen and oxygen atoms in total. The molecule has 0 aliphatic heterocycles. The van der Waals surface area contributed by atoms with Crippen LogP contribution in [-0.4, -0.2) is 30.1 Å². The molecule has 0 bridgehead atoms. The van der Waals surface area contributed by atoms with Gasteiger partial charge in [-0.1, -0.05) is 52.3 Å². The monoisotopic (exact) mass is 546 g/mol. The average molecular weight is 547 g/mol. The van der Waals surface area contributed by atoms with Gasteiger partial charge in [-0.3, -0.25) is 4.79 Å². The normalized spacial score (nSPS) is 41.5. The number of carbonyl (C=O) groups is 2. The topological polar surface area (TPSA) is 92.4 Å². The minimum absolute atomic E-state index is 0.0319. The molecule has 1 amide bonds. The minimum atomic E-state index is -0.869. The SMILES string of the molecule is CC1(C)C(c2ccc(C(=O)O)cc2)=CCC2(C)C1CCC1(C)C3CCC4(C(=O)NCCN)CCCC4C3CCC12.